The van der Waals surface area contributed by atoms with Gasteiger partial charge in [-0.1, -0.05) is 36.3 Å². The number of hydrogen-bond acceptors (Lipinski definition) is 3. The van der Waals surface area contributed by atoms with Crippen molar-refractivity contribution in [3.05, 3.63) is 59.2 Å². The van der Waals surface area contributed by atoms with E-state index in [-0.39, 0.29) is 11.1 Å². The first kappa shape index (κ1) is 11.2. The van der Waals surface area contributed by atoms with Gasteiger partial charge in [-0.15, -0.1) is 6.42 Å². The highest BCUT2D eigenvalue weighted by Crippen LogP contribution is 2.33. The summed E-state index contributed by atoms with van der Waals surface area (Å²) in [6, 6.07) is 12.4. The summed E-state index contributed by atoms with van der Waals surface area (Å²) in [5.41, 5.74) is 2.46. The summed E-state index contributed by atoms with van der Waals surface area (Å²) in [6.45, 7) is 0. The summed E-state index contributed by atoms with van der Waals surface area (Å²) >= 11 is 0. The van der Waals surface area contributed by atoms with Crippen LogP contribution in [0.1, 0.15) is 26.3 Å². The third-order valence-corrected chi connectivity index (χ3v) is 3.03. The third kappa shape index (κ3) is 1.62. The summed E-state index contributed by atoms with van der Waals surface area (Å²) < 4.78 is 4.65. The SMILES string of the molecule is C#Cc1ccc2c(c1-c1ccccc1)C(=O)OC2=O. The maximum Gasteiger partial charge on any atom is 0.347 e. The van der Waals surface area contributed by atoms with Gasteiger partial charge in [-0.05, 0) is 17.7 Å². The fourth-order valence-corrected chi connectivity index (χ4v) is 2.20. The Morgan fingerprint density at radius 2 is 1.63 bits per heavy atom. The van der Waals surface area contributed by atoms with Gasteiger partial charge < -0.3 is 4.74 Å². The topological polar surface area (TPSA) is 43.4 Å². The predicted molar refractivity (Wildman–Crippen MR) is 69.6 cm³/mol. The van der Waals surface area contributed by atoms with Gasteiger partial charge in [0.1, 0.15) is 0 Å². The Labute approximate surface area is 109 Å². The van der Waals surface area contributed by atoms with Crippen LogP contribution < -0.4 is 0 Å². The Balaban J connectivity index is 2.38. The molecule has 0 atom stereocenters. The maximum absolute atomic E-state index is 11.8. The van der Waals surface area contributed by atoms with Crippen molar-refractivity contribution in [2.45, 2.75) is 0 Å². The minimum absolute atomic E-state index is 0.256. The van der Waals surface area contributed by atoms with E-state index < -0.39 is 11.9 Å². The maximum atomic E-state index is 11.8. The first-order valence-corrected chi connectivity index (χ1v) is 5.68. The van der Waals surface area contributed by atoms with E-state index >= 15 is 0 Å². The van der Waals surface area contributed by atoms with Gasteiger partial charge >= 0.3 is 11.9 Å². The number of hydrogen-bond donors (Lipinski definition) is 0. The van der Waals surface area contributed by atoms with E-state index in [1.165, 1.54) is 6.07 Å². The molecular formula is C16H8O3. The van der Waals surface area contributed by atoms with Gasteiger partial charge in [-0.3, -0.25) is 0 Å². The number of carbonyl (C=O) groups excluding carboxylic acids is 2. The van der Waals surface area contributed by atoms with Crippen LogP contribution in [0.25, 0.3) is 11.1 Å². The Bertz CT molecular complexity index is 737. The van der Waals surface area contributed by atoms with E-state index in [2.05, 4.69) is 10.7 Å². The van der Waals surface area contributed by atoms with Crippen molar-refractivity contribution < 1.29 is 14.3 Å². The molecule has 3 rings (SSSR count). The summed E-state index contributed by atoms with van der Waals surface area (Å²) in [6.07, 6.45) is 5.48. The van der Waals surface area contributed by atoms with Crippen molar-refractivity contribution in [1.29, 1.82) is 0 Å². The molecule has 0 radical (unpaired) electrons. The van der Waals surface area contributed by atoms with Crippen LogP contribution in [0, 0.1) is 12.3 Å². The molecule has 1 aliphatic rings. The van der Waals surface area contributed by atoms with E-state index in [0.717, 1.165) is 5.56 Å². The summed E-state index contributed by atoms with van der Waals surface area (Å²) in [4.78, 5) is 23.4. The molecule has 2 aromatic rings. The molecule has 0 fully saturated rings. The predicted octanol–water partition coefficient (Wildman–Crippen LogP) is 2.65. The van der Waals surface area contributed by atoms with Crippen LogP contribution in [-0.2, 0) is 4.74 Å². The highest BCUT2D eigenvalue weighted by Gasteiger charge is 2.33. The molecule has 0 aliphatic carbocycles. The number of benzene rings is 2. The number of carbonyl (C=O) groups is 2. The van der Waals surface area contributed by atoms with Crippen molar-refractivity contribution in [1.82, 2.24) is 0 Å². The van der Waals surface area contributed by atoms with Gasteiger partial charge in [-0.2, -0.15) is 0 Å². The molecule has 0 saturated heterocycles. The second-order valence-corrected chi connectivity index (χ2v) is 4.10. The molecule has 0 saturated carbocycles. The molecule has 0 N–H and O–H groups in total. The van der Waals surface area contributed by atoms with Gasteiger partial charge in [0, 0.05) is 11.1 Å². The molecule has 0 bridgehead atoms. The zero-order valence-electron chi connectivity index (χ0n) is 9.84. The van der Waals surface area contributed by atoms with Gasteiger partial charge in [-0.25, -0.2) is 9.59 Å². The number of esters is 2. The second kappa shape index (κ2) is 4.11. The summed E-state index contributed by atoms with van der Waals surface area (Å²) in [7, 11) is 0. The average Bonchev–Trinajstić information content (AvgIpc) is 2.74. The van der Waals surface area contributed by atoms with Gasteiger partial charge in [0.05, 0.1) is 11.1 Å². The van der Waals surface area contributed by atoms with E-state index in [1.807, 2.05) is 30.3 Å². The van der Waals surface area contributed by atoms with E-state index in [1.54, 1.807) is 6.07 Å². The third-order valence-electron chi connectivity index (χ3n) is 3.03. The molecule has 0 aromatic heterocycles. The number of rotatable bonds is 1. The quantitative estimate of drug-likeness (QED) is 0.442. The van der Waals surface area contributed by atoms with Crippen molar-refractivity contribution >= 4 is 11.9 Å². The van der Waals surface area contributed by atoms with Gasteiger partial charge in [0.25, 0.3) is 0 Å². The van der Waals surface area contributed by atoms with Crippen molar-refractivity contribution in [2.24, 2.45) is 0 Å². The number of fused-ring (bicyclic) bond motifs is 1. The number of cyclic esters (lactones) is 2. The molecule has 19 heavy (non-hydrogen) atoms. The lowest BCUT2D eigenvalue weighted by molar-refractivity contribution is 0.0444. The largest absolute Gasteiger partial charge is 0.386 e. The summed E-state index contributed by atoms with van der Waals surface area (Å²) in [5, 5.41) is 0. The Morgan fingerprint density at radius 3 is 2.32 bits per heavy atom. The van der Waals surface area contributed by atoms with Gasteiger partial charge in [0.15, 0.2) is 0 Å². The van der Waals surface area contributed by atoms with Crippen molar-refractivity contribution in [2.75, 3.05) is 0 Å². The molecule has 3 heteroatoms. The minimum Gasteiger partial charge on any atom is -0.386 e. The number of terminal acetylenes is 1. The molecule has 0 spiro atoms. The fourth-order valence-electron chi connectivity index (χ4n) is 2.20. The van der Waals surface area contributed by atoms with Gasteiger partial charge in [0.2, 0.25) is 0 Å². The molecule has 2 aromatic carbocycles. The minimum atomic E-state index is -0.643. The smallest absolute Gasteiger partial charge is 0.347 e. The molecule has 0 amide bonds. The van der Waals surface area contributed by atoms with Crippen LogP contribution in [0.15, 0.2) is 42.5 Å². The second-order valence-electron chi connectivity index (χ2n) is 4.10. The van der Waals surface area contributed by atoms with Crippen LogP contribution in [0.4, 0.5) is 0 Å². The zero-order valence-corrected chi connectivity index (χ0v) is 9.84. The lowest BCUT2D eigenvalue weighted by atomic mass is 9.92. The first-order valence-electron chi connectivity index (χ1n) is 5.68. The molecule has 0 unspecified atom stereocenters. The first-order chi connectivity index (χ1) is 9.22. The molecular weight excluding hydrogens is 240 g/mol. The summed E-state index contributed by atoms with van der Waals surface area (Å²) in [5.74, 6) is 1.27. The average molecular weight is 248 g/mol. The highest BCUT2D eigenvalue weighted by atomic mass is 16.6. The highest BCUT2D eigenvalue weighted by molar-refractivity contribution is 6.18. The van der Waals surface area contributed by atoms with E-state index in [9.17, 15) is 9.59 Å². The van der Waals surface area contributed by atoms with Crippen LogP contribution in [0.3, 0.4) is 0 Å². The van der Waals surface area contributed by atoms with Crippen LogP contribution in [-0.4, -0.2) is 11.9 Å². The fraction of sp³-hybridized carbons (Fsp3) is 0. The Hall–Kier alpha value is -2.86. The lowest BCUT2D eigenvalue weighted by Crippen LogP contribution is -1.99. The Kier molecular flexibility index (Phi) is 2.43. The normalized spacial score (nSPS) is 12.8. The van der Waals surface area contributed by atoms with Crippen molar-refractivity contribution in [3.8, 4) is 23.5 Å². The van der Waals surface area contributed by atoms with Crippen LogP contribution >= 0.6 is 0 Å². The lowest BCUT2D eigenvalue weighted by Gasteiger charge is -2.08. The standard InChI is InChI=1S/C16H8O3/c1-2-10-8-9-12-14(16(18)19-15(12)17)13(10)11-6-4-3-5-7-11/h1,3-9H. The molecule has 1 aliphatic heterocycles. The van der Waals surface area contributed by atoms with E-state index in [4.69, 9.17) is 6.42 Å². The Morgan fingerprint density at radius 1 is 0.895 bits per heavy atom. The number of ether oxygens (including phenoxy) is 1. The molecule has 90 valence electrons. The molecule has 3 nitrogen and oxygen atoms in total. The monoisotopic (exact) mass is 248 g/mol. The molecule has 1 heterocycles. The zero-order chi connectivity index (χ0) is 13.4. The van der Waals surface area contributed by atoms with Crippen molar-refractivity contribution in [3.63, 3.8) is 0 Å². The van der Waals surface area contributed by atoms with Crippen LogP contribution in [0.2, 0.25) is 0 Å². The van der Waals surface area contributed by atoms with Crippen LogP contribution in [0.5, 0.6) is 0 Å². The van der Waals surface area contributed by atoms with E-state index in [0.29, 0.717) is 11.1 Å².